The second-order valence-corrected chi connectivity index (χ2v) is 4.88. The van der Waals surface area contributed by atoms with Gasteiger partial charge in [0.1, 0.15) is 0 Å². The van der Waals surface area contributed by atoms with Crippen LogP contribution in [0.1, 0.15) is 31.4 Å². The average Bonchev–Trinajstić information content (AvgIpc) is 2.79. The molecule has 0 spiro atoms. The predicted molar refractivity (Wildman–Crippen MR) is 70.1 cm³/mol. The molecule has 96 valence electrons. The lowest BCUT2D eigenvalue weighted by Gasteiger charge is -2.26. The standard InChI is InChI=1S/C14H24N2O/c1-17-12-6-11-16-10-5-7-14(16)13-15-8-3-2-4-9-15/h5,7,10H,2-4,6,8-9,11-13H2,1H3. The second-order valence-electron chi connectivity index (χ2n) is 4.88. The fraction of sp³-hybridized carbons (Fsp3) is 0.714. The fourth-order valence-corrected chi connectivity index (χ4v) is 2.54. The molecule has 3 heteroatoms. The second kappa shape index (κ2) is 6.82. The molecule has 1 fully saturated rings. The lowest BCUT2D eigenvalue weighted by molar-refractivity contribution is 0.188. The van der Waals surface area contributed by atoms with Crippen molar-refractivity contribution < 1.29 is 4.74 Å². The molecule has 0 atom stereocenters. The zero-order valence-corrected chi connectivity index (χ0v) is 10.9. The van der Waals surface area contributed by atoms with E-state index in [1.165, 1.54) is 38.0 Å². The molecular weight excluding hydrogens is 212 g/mol. The quantitative estimate of drug-likeness (QED) is 0.706. The first kappa shape index (κ1) is 12.7. The molecule has 0 N–H and O–H groups in total. The molecule has 0 aliphatic carbocycles. The molecule has 1 aromatic heterocycles. The van der Waals surface area contributed by atoms with E-state index in [-0.39, 0.29) is 0 Å². The van der Waals surface area contributed by atoms with Crippen LogP contribution in [0.5, 0.6) is 0 Å². The summed E-state index contributed by atoms with van der Waals surface area (Å²) in [6, 6.07) is 4.41. The molecular formula is C14H24N2O. The highest BCUT2D eigenvalue weighted by molar-refractivity contribution is 5.07. The van der Waals surface area contributed by atoms with Crippen molar-refractivity contribution in [1.29, 1.82) is 0 Å². The first-order valence-corrected chi connectivity index (χ1v) is 6.75. The molecule has 0 saturated carbocycles. The summed E-state index contributed by atoms with van der Waals surface area (Å²) in [6.45, 7) is 5.57. The van der Waals surface area contributed by atoms with Crippen LogP contribution in [0, 0.1) is 0 Å². The monoisotopic (exact) mass is 236 g/mol. The minimum absolute atomic E-state index is 0.849. The number of rotatable bonds is 6. The number of aromatic nitrogens is 1. The molecule has 17 heavy (non-hydrogen) atoms. The van der Waals surface area contributed by atoms with E-state index in [1.807, 2.05) is 0 Å². The average molecular weight is 236 g/mol. The van der Waals surface area contributed by atoms with Gasteiger partial charge < -0.3 is 9.30 Å². The van der Waals surface area contributed by atoms with E-state index in [4.69, 9.17) is 4.74 Å². The van der Waals surface area contributed by atoms with Gasteiger partial charge in [-0.15, -0.1) is 0 Å². The van der Waals surface area contributed by atoms with Crippen molar-refractivity contribution in [1.82, 2.24) is 9.47 Å². The first-order chi connectivity index (χ1) is 8.40. The van der Waals surface area contributed by atoms with Crippen LogP contribution in [0.4, 0.5) is 0 Å². The number of likely N-dealkylation sites (tertiary alicyclic amines) is 1. The van der Waals surface area contributed by atoms with Crippen molar-refractivity contribution in [3.63, 3.8) is 0 Å². The van der Waals surface area contributed by atoms with Crippen LogP contribution in [-0.4, -0.2) is 36.3 Å². The predicted octanol–water partition coefficient (Wildman–Crippen LogP) is 2.51. The Morgan fingerprint density at radius 1 is 1.24 bits per heavy atom. The summed E-state index contributed by atoms with van der Waals surface area (Å²) in [7, 11) is 1.77. The molecule has 0 radical (unpaired) electrons. The smallest absolute Gasteiger partial charge is 0.0479 e. The van der Waals surface area contributed by atoms with Crippen molar-refractivity contribution >= 4 is 0 Å². The number of hydrogen-bond acceptors (Lipinski definition) is 2. The summed E-state index contributed by atoms with van der Waals surface area (Å²) in [5, 5.41) is 0. The van der Waals surface area contributed by atoms with Gasteiger partial charge >= 0.3 is 0 Å². The van der Waals surface area contributed by atoms with E-state index in [1.54, 1.807) is 7.11 Å². The third-order valence-electron chi connectivity index (χ3n) is 3.51. The van der Waals surface area contributed by atoms with Crippen molar-refractivity contribution in [2.75, 3.05) is 26.8 Å². The first-order valence-electron chi connectivity index (χ1n) is 6.75. The van der Waals surface area contributed by atoms with Gasteiger partial charge in [-0.2, -0.15) is 0 Å². The zero-order valence-electron chi connectivity index (χ0n) is 10.9. The number of aryl methyl sites for hydroxylation is 1. The number of hydrogen-bond donors (Lipinski definition) is 0. The maximum absolute atomic E-state index is 5.11. The summed E-state index contributed by atoms with van der Waals surface area (Å²) in [5.41, 5.74) is 1.45. The third kappa shape index (κ3) is 3.86. The van der Waals surface area contributed by atoms with Gasteiger partial charge in [-0.3, -0.25) is 4.90 Å². The maximum atomic E-state index is 5.11. The summed E-state index contributed by atoms with van der Waals surface area (Å²) in [6.07, 6.45) is 7.42. The molecule has 2 rings (SSSR count). The topological polar surface area (TPSA) is 17.4 Å². The molecule has 0 aromatic carbocycles. The van der Waals surface area contributed by atoms with Crippen LogP contribution in [0.2, 0.25) is 0 Å². The van der Waals surface area contributed by atoms with Gasteiger partial charge in [-0.25, -0.2) is 0 Å². The molecule has 1 aliphatic heterocycles. The van der Waals surface area contributed by atoms with E-state index in [0.717, 1.165) is 26.1 Å². The van der Waals surface area contributed by atoms with Gasteiger partial charge in [-0.05, 0) is 44.5 Å². The van der Waals surface area contributed by atoms with E-state index in [9.17, 15) is 0 Å². The van der Waals surface area contributed by atoms with Crippen LogP contribution in [0.15, 0.2) is 18.3 Å². The Hall–Kier alpha value is -0.800. The summed E-state index contributed by atoms with van der Waals surface area (Å²) >= 11 is 0. The largest absolute Gasteiger partial charge is 0.385 e. The Labute approximate surface area is 104 Å². The normalized spacial score (nSPS) is 17.5. The third-order valence-corrected chi connectivity index (χ3v) is 3.51. The number of piperidine rings is 1. The van der Waals surface area contributed by atoms with E-state index < -0.39 is 0 Å². The number of methoxy groups -OCH3 is 1. The van der Waals surface area contributed by atoms with Gasteiger partial charge in [0.2, 0.25) is 0 Å². The van der Waals surface area contributed by atoms with Gasteiger partial charge in [0.05, 0.1) is 0 Å². The van der Waals surface area contributed by atoms with E-state index in [2.05, 4.69) is 27.8 Å². The summed E-state index contributed by atoms with van der Waals surface area (Å²) in [5.74, 6) is 0. The molecule has 1 saturated heterocycles. The zero-order chi connectivity index (χ0) is 11.9. The summed E-state index contributed by atoms with van der Waals surface area (Å²) in [4.78, 5) is 2.58. The highest BCUT2D eigenvalue weighted by atomic mass is 16.5. The van der Waals surface area contributed by atoms with Crippen LogP contribution in [0.25, 0.3) is 0 Å². The highest BCUT2D eigenvalue weighted by Crippen LogP contribution is 2.13. The fourth-order valence-electron chi connectivity index (χ4n) is 2.54. The van der Waals surface area contributed by atoms with Crippen molar-refractivity contribution in [3.8, 4) is 0 Å². The molecule has 0 amide bonds. The summed E-state index contributed by atoms with van der Waals surface area (Å²) < 4.78 is 7.47. The molecule has 1 aliphatic rings. The molecule has 1 aromatic rings. The van der Waals surface area contributed by atoms with Gasteiger partial charge in [0.15, 0.2) is 0 Å². The molecule has 0 bridgehead atoms. The van der Waals surface area contributed by atoms with E-state index in [0.29, 0.717) is 0 Å². The minimum atomic E-state index is 0.849. The van der Waals surface area contributed by atoms with Crippen molar-refractivity contribution in [3.05, 3.63) is 24.0 Å². The Kier molecular flexibility index (Phi) is 5.08. The van der Waals surface area contributed by atoms with Crippen LogP contribution in [0.3, 0.4) is 0 Å². The Morgan fingerprint density at radius 3 is 2.82 bits per heavy atom. The van der Waals surface area contributed by atoms with Crippen LogP contribution < -0.4 is 0 Å². The van der Waals surface area contributed by atoms with Crippen LogP contribution in [-0.2, 0) is 17.8 Å². The number of nitrogens with zero attached hydrogens (tertiary/aromatic N) is 2. The minimum Gasteiger partial charge on any atom is -0.385 e. The highest BCUT2D eigenvalue weighted by Gasteiger charge is 2.11. The lowest BCUT2D eigenvalue weighted by Crippen LogP contribution is -2.30. The van der Waals surface area contributed by atoms with Gasteiger partial charge in [0.25, 0.3) is 0 Å². The maximum Gasteiger partial charge on any atom is 0.0479 e. The molecule has 0 unspecified atom stereocenters. The van der Waals surface area contributed by atoms with E-state index >= 15 is 0 Å². The van der Waals surface area contributed by atoms with Gasteiger partial charge in [-0.1, -0.05) is 6.42 Å². The molecule has 2 heterocycles. The Balaban J connectivity index is 1.84. The Bertz CT molecular complexity index is 316. The SMILES string of the molecule is COCCCn1cccc1CN1CCCCC1. The Morgan fingerprint density at radius 2 is 2.06 bits per heavy atom. The number of ether oxygens (including phenoxy) is 1. The molecule has 3 nitrogen and oxygen atoms in total. The van der Waals surface area contributed by atoms with Crippen molar-refractivity contribution in [2.24, 2.45) is 0 Å². The lowest BCUT2D eigenvalue weighted by atomic mass is 10.1. The van der Waals surface area contributed by atoms with Crippen LogP contribution >= 0.6 is 0 Å². The van der Waals surface area contributed by atoms with Crippen molar-refractivity contribution in [2.45, 2.75) is 38.8 Å². The van der Waals surface area contributed by atoms with Gasteiger partial charge in [0, 0.05) is 38.7 Å².